The summed E-state index contributed by atoms with van der Waals surface area (Å²) in [5, 5.41) is 9.96. The van der Waals surface area contributed by atoms with Gasteiger partial charge in [-0.15, -0.1) is 0 Å². The molecule has 0 aliphatic rings. The lowest BCUT2D eigenvalue weighted by atomic mass is 10.1. The Hall–Kier alpha value is -3.86. The molecule has 0 fully saturated rings. The van der Waals surface area contributed by atoms with Crippen molar-refractivity contribution < 1.29 is 19.1 Å². The predicted molar refractivity (Wildman–Crippen MR) is 113 cm³/mol. The Balaban J connectivity index is 1.44. The lowest BCUT2D eigenvalue weighted by molar-refractivity contribution is -0.144. The number of carbonyl (C=O) groups is 1. The van der Waals surface area contributed by atoms with Crippen LogP contribution < -0.4 is 4.74 Å². The number of furan rings is 1. The third-order valence-corrected chi connectivity index (χ3v) is 4.48. The monoisotopic (exact) mass is 385 g/mol. The van der Waals surface area contributed by atoms with Crippen LogP contribution in [0.2, 0.25) is 0 Å². The van der Waals surface area contributed by atoms with Gasteiger partial charge in [0.25, 0.3) is 0 Å². The highest BCUT2D eigenvalue weighted by atomic mass is 16.5. The van der Waals surface area contributed by atoms with E-state index in [0.717, 1.165) is 33.5 Å². The van der Waals surface area contributed by atoms with Gasteiger partial charge in [0.2, 0.25) is 0 Å². The minimum absolute atomic E-state index is 0.507. The van der Waals surface area contributed by atoms with E-state index in [9.17, 15) is 4.79 Å². The number of ether oxygens (including phenoxy) is 1. The summed E-state index contributed by atoms with van der Waals surface area (Å²) in [5.74, 6) is 0.335. The molecule has 29 heavy (non-hydrogen) atoms. The molecule has 4 aromatic rings. The largest absolute Gasteiger partial charge is 0.479 e. The summed E-state index contributed by atoms with van der Waals surface area (Å²) in [6, 6.07) is 24.9. The van der Waals surface area contributed by atoms with Crippen LogP contribution >= 0.6 is 0 Å². The number of fused-ring (bicyclic) bond motifs is 1. The number of rotatable bonds is 6. The molecule has 0 aliphatic heterocycles. The van der Waals surface area contributed by atoms with Gasteiger partial charge < -0.3 is 14.3 Å². The molecule has 5 heteroatoms. The molecule has 5 nitrogen and oxygen atoms in total. The lowest BCUT2D eigenvalue weighted by Gasteiger charge is -2.09. The molecule has 1 N–H and O–H groups in total. The molecule has 0 spiro atoms. The highest BCUT2D eigenvalue weighted by molar-refractivity contribution is 5.84. The Bertz CT molecular complexity index is 1120. The zero-order valence-corrected chi connectivity index (χ0v) is 15.8. The number of aliphatic imine (C=N–C) groups is 1. The van der Waals surface area contributed by atoms with Gasteiger partial charge in [-0.05, 0) is 73.2 Å². The summed E-state index contributed by atoms with van der Waals surface area (Å²) >= 11 is 0. The first-order valence-corrected chi connectivity index (χ1v) is 9.21. The second-order valence-corrected chi connectivity index (χ2v) is 6.62. The SMILES string of the molecule is C[C@@H](Oc1ccc(C=Nc2ccc(-c3cc4ccccc4o3)cc2)cc1)C(=O)O. The number of aliphatic carboxylic acids is 1. The third-order valence-electron chi connectivity index (χ3n) is 4.48. The number of para-hydroxylation sites is 1. The van der Waals surface area contributed by atoms with Crippen molar-refractivity contribution in [1.29, 1.82) is 0 Å². The van der Waals surface area contributed by atoms with E-state index in [1.165, 1.54) is 6.92 Å². The maximum absolute atomic E-state index is 10.8. The fourth-order valence-electron chi connectivity index (χ4n) is 2.87. The zero-order valence-electron chi connectivity index (χ0n) is 15.8. The van der Waals surface area contributed by atoms with E-state index in [1.807, 2.05) is 66.7 Å². The predicted octanol–water partition coefficient (Wildman–Crippen LogP) is 5.70. The molecular weight excluding hydrogens is 366 g/mol. The number of carboxylic acid groups (broad SMARTS) is 1. The smallest absolute Gasteiger partial charge is 0.344 e. The molecule has 144 valence electrons. The van der Waals surface area contributed by atoms with Crippen LogP contribution in [-0.4, -0.2) is 23.4 Å². The van der Waals surface area contributed by atoms with Crippen molar-refractivity contribution in [3.05, 3.63) is 84.4 Å². The van der Waals surface area contributed by atoms with Gasteiger partial charge in [-0.3, -0.25) is 4.99 Å². The molecule has 3 aromatic carbocycles. The molecule has 4 rings (SSSR count). The molecule has 0 saturated carbocycles. The van der Waals surface area contributed by atoms with Gasteiger partial charge in [0.1, 0.15) is 17.1 Å². The lowest BCUT2D eigenvalue weighted by Crippen LogP contribution is -2.22. The molecule has 1 heterocycles. The van der Waals surface area contributed by atoms with Gasteiger partial charge in [0.05, 0.1) is 5.69 Å². The van der Waals surface area contributed by atoms with Crippen LogP contribution in [-0.2, 0) is 4.79 Å². The van der Waals surface area contributed by atoms with Crippen molar-refractivity contribution in [2.75, 3.05) is 0 Å². The van der Waals surface area contributed by atoms with Gasteiger partial charge in [-0.25, -0.2) is 4.79 Å². The topological polar surface area (TPSA) is 72.0 Å². The van der Waals surface area contributed by atoms with E-state index >= 15 is 0 Å². The first-order valence-electron chi connectivity index (χ1n) is 9.21. The molecule has 0 amide bonds. The molecule has 0 bridgehead atoms. The normalized spacial score (nSPS) is 12.3. The summed E-state index contributed by atoms with van der Waals surface area (Å²) in [4.78, 5) is 15.3. The summed E-state index contributed by atoms with van der Waals surface area (Å²) in [7, 11) is 0. The first kappa shape index (κ1) is 18.5. The van der Waals surface area contributed by atoms with Gasteiger partial charge in [0.15, 0.2) is 6.10 Å². The summed E-state index contributed by atoms with van der Waals surface area (Å²) in [6.07, 6.45) is 0.862. The molecule has 0 radical (unpaired) electrons. The van der Waals surface area contributed by atoms with Crippen LogP contribution in [0.25, 0.3) is 22.3 Å². The van der Waals surface area contributed by atoms with Crippen LogP contribution in [0.1, 0.15) is 12.5 Å². The average molecular weight is 385 g/mol. The van der Waals surface area contributed by atoms with Gasteiger partial charge in [0, 0.05) is 17.2 Å². The maximum atomic E-state index is 10.8. The Kier molecular flexibility index (Phi) is 5.12. The van der Waals surface area contributed by atoms with E-state index in [1.54, 1.807) is 18.3 Å². The van der Waals surface area contributed by atoms with Crippen molar-refractivity contribution in [2.45, 2.75) is 13.0 Å². The maximum Gasteiger partial charge on any atom is 0.344 e. The van der Waals surface area contributed by atoms with Crippen molar-refractivity contribution in [1.82, 2.24) is 0 Å². The fourth-order valence-corrected chi connectivity index (χ4v) is 2.87. The average Bonchev–Trinajstić information content (AvgIpc) is 3.18. The molecule has 0 aliphatic carbocycles. The van der Waals surface area contributed by atoms with Crippen LogP contribution in [0.3, 0.4) is 0 Å². The fraction of sp³-hybridized carbons (Fsp3) is 0.0833. The Morgan fingerprint density at radius 3 is 2.45 bits per heavy atom. The second kappa shape index (κ2) is 8.02. The number of hydrogen-bond acceptors (Lipinski definition) is 4. The van der Waals surface area contributed by atoms with E-state index in [2.05, 4.69) is 4.99 Å². The van der Waals surface area contributed by atoms with Gasteiger partial charge in [-0.2, -0.15) is 0 Å². The summed E-state index contributed by atoms with van der Waals surface area (Å²) in [6.45, 7) is 1.49. The zero-order chi connectivity index (χ0) is 20.2. The van der Waals surface area contributed by atoms with Crippen molar-refractivity contribution in [2.24, 2.45) is 4.99 Å². The van der Waals surface area contributed by atoms with Crippen LogP contribution in [0, 0.1) is 0 Å². The number of nitrogens with zero attached hydrogens (tertiary/aromatic N) is 1. The number of hydrogen-bond donors (Lipinski definition) is 1. The molecule has 1 aromatic heterocycles. The molecular formula is C24H19NO4. The third kappa shape index (κ3) is 4.35. The highest BCUT2D eigenvalue weighted by Gasteiger charge is 2.11. The van der Waals surface area contributed by atoms with Crippen molar-refractivity contribution in [3.63, 3.8) is 0 Å². The second-order valence-electron chi connectivity index (χ2n) is 6.62. The van der Waals surface area contributed by atoms with E-state index < -0.39 is 12.1 Å². The summed E-state index contributed by atoms with van der Waals surface area (Å²) in [5.41, 5.74) is 3.58. The Morgan fingerprint density at radius 2 is 1.76 bits per heavy atom. The Labute approximate surface area is 167 Å². The first-order chi connectivity index (χ1) is 14.1. The van der Waals surface area contributed by atoms with Crippen LogP contribution in [0.4, 0.5) is 5.69 Å². The minimum Gasteiger partial charge on any atom is -0.479 e. The van der Waals surface area contributed by atoms with Crippen LogP contribution in [0.5, 0.6) is 5.75 Å². The molecule has 0 unspecified atom stereocenters. The van der Waals surface area contributed by atoms with Gasteiger partial charge >= 0.3 is 5.97 Å². The van der Waals surface area contributed by atoms with Crippen molar-refractivity contribution in [3.8, 4) is 17.1 Å². The Morgan fingerprint density at radius 1 is 1.03 bits per heavy atom. The standard InChI is InChI=1S/C24H19NO4/c1-16(24(26)27)28-21-12-6-17(7-13-21)15-25-20-10-8-18(9-11-20)23-14-19-4-2-3-5-22(19)29-23/h2-16H,1H3,(H,26,27)/t16-/m1/s1. The van der Waals surface area contributed by atoms with E-state index in [0.29, 0.717) is 5.75 Å². The molecule has 1 atom stereocenters. The number of carboxylic acids is 1. The van der Waals surface area contributed by atoms with E-state index in [4.69, 9.17) is 14.3 Å². The highest BCUT2D eigenvalue weighted by Crippen LogP contribution is 2.29. The molecule has 0 saturated heterocycles. The summed E-state index contributed by atoms with van der Waals surface area (Å²) < 4.78 is 11.2. The number of benzene rings is 3. The van der Waals surface area contributed by atoms with Crippen LogP contribution in [0.15, 0.2) is 88.3 Å². The van der Waals surface area contributed by atoms with Crippen molar-refractivity contribution >= 4 is 28.8 Å². The van der Waals surface area contributed by atoms with E-state index in [-0.39, 0.29) is 0 Å². The van der Waals surface area contributed by atoms with Gasteiger partial charge in [-0.1, -0.05) is 18.2 Å². The quantitative estimate of drug-likeness (QED) is 0.432. The minimum atomic E-state index is -0.998.